The predicted octanol–water partition coefficient (Wildman–Crippen LogP) is 2.70. The molecule has 1 fully saturated rings. The number of nitrogens with one attached hydrogen (secondary N) is 1. The van der Waals surface area contributed by atoms with Gasteiger partial charge < -0.3 is 19.4 Å². The highest BCUT2D eigenvalue weighted by Crippen LogP contribution is 2.41. The molecule has 0 bridgehead atoms. The number of rotatable bonds is 5. The number of esters is 1. The third kappa shape index (κ3) is 4.33. The zero-order valence-electron chi connectivity index (χ0n) is 14.7. The lowest BCUT2D eigenvalue weighted by Crippen LogP contribution is -2.43. The standard InChI is InChI=1S/C18H16F2N2O5S/c1-10(23)22-14(9-28-17(22)15-3-2-6-26-15)18(25)27-8-16(24)21-13-5-4-11(19)7-12(13)20/h2-7,14,17H,8-9H2,1H3,(H,21,24)/t14-,17+/m0/s1. The van der Waals surface area contributed by atoms with Crippen molar-refractivity contribution >= 4 is 35.2 Å². The maximum atomic E-state index is 13.6. The summed E-state index contributed by atoms with van der Waals surface area (Å²) < 4.78 is 36.7. The van der Waals surface area contributed by atoms with Crippen molar-refractivity contribution in [3.05, 3.63) is 54.0 Å². The summed E-state index contributed by atoms with van der Waals surface area (Å²) in [5, 5.41) is 1.72. The smallest absolute Gasteiger partial charge is 0.330 e. The molecule has 3 rings (SSSR count). The van der Waals surface area contributed by atoms with Gasteiger partial charge in [-0.1, -0.05) is 0 Å². The van der Waals surface area contributed by atoms with E-state index in [1.54, 1.807) is 12.1 Å². The molecule has 2 amide bonds. The van der Waals surface area contributed by atoms with Crippen molar-refractivity contribution in [2.24, 2.45) is 0 Å². The molecule has 1 aliphatic rings. The SMILES string of the molecule is CC(=O)N1[C@@H](c2ccco2)SC[C@H]1C(=O)OCC(=O)Nc1ccc(F)cc1F. The Kier molecular flexibility index (Phi) is 5.98. The molecule has 28 heavy (non-hydrogen) atoms. The van der Waals surface area contributed by atoms with Crippen LogP contribution in [0.4, 0.5) is 14.5 Å². The average Bonchev–Trinajstić information content (AvgIpc) is 3.31. The number of halogens is 2. The summed E-state index contributed by atoms with van der Waals surface area (Å²) in [6.07, 6.45) is 1.47. The highest BCUT2D eigenvalue weighted by molar-refractivity contribution is 7.99. The van der Waals surface area contributed by atoms with Crippen molar-refractivity contribution < 1.29 is 32.3 Å². The van der Waals surface area contributed by atoms with Crippen molar-refractivity contribution in [2.75, 3.05) is 17.7 Å². The summed E-state index contributed by atoms with van der Waals surface area (Å²) >= 11 is 1.34. The molecular formula is C18H16F2N2O5S. The Balaban J connectivity index is 1.59. The number of hydrogen-bond acceptors (Lipinski definition) is 6. The molecule has 7 nitrogen and oxygen atoms in total. The van der Waals surface area contributed by atoms with Crippen LogP contribution in [-0.4, -0.2) is 41.1 Å². The van der Waals surface area contributed by atoms with Crippen LogP contribution in [0.2, 0.25) is 0 Å². The van der Waals surface area contributed by atoms with Crippen LogP contribution in [0.3, 0.4) is 0 Å². The second-order valence-corrected chi connectivity index (χ2v) is 7.04. The Morgan fingerprint density at radius 2 is 2.11 bits per heavy atom. The zero-order chi connectivity index (χ0) is 20.3. The van der Waals surface area contributed by atoms with Gasteiger partial charge in [0.2, 0.25) is 5.91 Å². The van der Waals surface area contributed by atoms with Crippen LogP contribution in [0.5, 0.6) is 0 Å². The van der Waals surface area contributed by atoms with Gasteiger partial charge in [-0.05, 0) is 24.3 Å². The summed E-state index contributed by atoms with van der Waals surface area (Å²) in [5.41, 5.74) is -0.234. The maximum Gasteiger partial charge on any atom is 0.330 e. The molecular weight excluding hydrogens is 394 g/mol. The summed E-state index contributed by atoms with van der Waals surface area (Å²) in [5.74, 6) is -2.82. The first-order valence-electron chi connectivity index (χ1n) is 8.22. The van der Waals surface area contributed by atoms with Crippen molar-refractivity contribution in [3.8, 4) is 0 Å². The van der Waals surface area contributed by atoms with Crippen LogP contribution < -0.4 is 5.32 Å². The molecule has 1 N–H and O–H groups in total. The highest BCUT2D eigenvalue weighted by atomic mass is 32.2. The van der Waals surface area contributed by atoms with E-state index < -0.39 is 41.5 Å². The fourth-order valence-corrected chi connectivity index (χ4v) is 4.15. The van der Waals surface area contributed by atoms with Gasteiger partial charge in [-0.25, -0.2) is 13.6 Å². The van der Waals surface area contributed by atoms with E-state index in [-0.39, 0.29) is 17.3 Å². The molecule has 0 aliphatic carbocycles. The average molecular weight is 410 g/mol. The molecule has 0 unspecified atom stereocenters. The fourth-order valence-electron chi connectivity index (χ4n) is 2.73. The number of thioether (sulfide) groups is 1. The van der Waals surface area contributed by atoms with Crippen molar-refractivity contribution in [1.29, 1.82) is 0 Å². The fraction of sp³-hybridized carbons (Fsp3) is 0.278. The van der Waals surface area contributed by atoms with Crippen LogP contribution in [0.1, 0.15) is 18.1 Å². The first-order chi connectivity index (χ1) is 13.4. The Morgan fingerprint density at radius 1 is 1.32 bits per heavy atom. The lowest BCUT2D eigenvalue weighted by Gasteiger charge is -2.25. The molecule has 148 valence electrons. The van der Waals surface area contributed by atoms with E-state index in [4.69, 9.17) is 9.15 Å². The monoisotopic (exact) mass is 410 g/mol. The van der Waals surface area contributed by atoms with Crippen LogP contribution in [0, 0.1) is 11.6 Å². The van der Waals surface area contributed by atoms with Crippen LogP contribution in [-0.2, 0) is 19.1 Å². The first-order valence-corrected chi connectivity index (χ1v) is 9.27. The van der Waals surface area contributed by atoms with E-state index in [0.717, 1.165) is 12.1 Å². The first kappa shape index (κ1) is 19.9. The molecule has 10 heteroatoms. The topological polar surface area (TPSA) is 88.8 Å². The largest absolute Gasteiger partial charge is 0.466 e. The lowest BCUT2D eigenvalue weighted by molar-refractivity contribution is -0.155. The second kappa shape index (κ2) is 8.42. The third-order valence-electron chi connectivity index (χ3n) is 3.97. The van der Waals surface area contributed by atoms with Crippen LogP contribution >= 0.6 is 11.8 Å². The number of carbonyl (C=O) groups is 3. The summed E-state index contributed by atoms with van der Waals surface area (Å²) in [7, 11) is 0. The minimum absolute atomic E-state index is 0.234. The molecule has 1 aliphatic heterocycles. The Bertz CT molecular complexity index is 890. The second-order valence-electron chi connectivity index (χ2n) is 5.92. The molecule has 0 saturated carbocycles. The minimum atomic E-state index is -0.948. The van der Waals surface area contributed by atoms with Gasteiger partial charge in [-0.2, -0.15) is 0 Å². The number of anilines is 1. The van der Waals surface area contributed by atoms with Gasteiger partial charge in [0.25, 0.3) is 5.91 Å². The maximum absolute atomic E-state index is 13.6. The van der Waals surface area contributed by atoms with Gasteiger partial charge in [0.05, 0.1) is 12.0 Å². The Morgan fingerprint density at radius 3 is 2.75 bits per heavy atom. The molecule has 2 aromatic rings. The van der Waals surface area contributed by atoms with Gasteiger partial charge in [-0.3, -0.25) is 9.59 Å². The molecule has 2 heterocycles. The van der Waals surface area contributed by atoms with E-state index in [1.165, 1.54) is 29.8 Å². The number of amides is 2. The quantitative estimate of drug-likeness (QED) is 0.763. The number of carbonyl (C=O) groups excluding carboxylic acids is 3. The normalized spacial score (nSPS) is 18.8. The third-order valence-corrected chi connectivity index (χ3v) is 5.26. The molecule has 0 spiro atoms. The van der Waals surface area contributed by atoms with E-state index in [1.807, 2.05) is 0 Å². The molecule has 1 saturated heterocycles. The zero-order valence-corrected chi connectivity index (χ0v) is 15.5. The number of furan rings is 1. The molecule has 1 aromatic carbocycles. The van der Waals surface area contributed by atoms with Gasteiger partial charge >= 0.3 is 5.97 Å². The van der Waals surface area contributed by atoms with Crippen molar-refractivity contribution in [1.82, 2.24) is 4.90 Å². The van der Waals surface area contributed by atoms with Crippen LogP contribution in [0.25, 0.3) is 0 Å². The predicted molar refractivity (Wildman–Crippen MR) is 96.2 cm³/mol. The van der Waals surface area contributed by atoms with Crippen molar-refractivity contribution in [2.45, 2.75) is 18.3 Å². The highest BCUT2D eigenvalue weighted by Gasteiger charge is 2.43. The Hall–Kier alpha value is -2.88. The van der Waals surface area contributed by atoms with E-state index in [2.05, 4.69) is 5.32 Å². The van der Waals surface area contributed by atoms with E-state index >= 15 is 0 Å². The summed E-state index contributed by atoms with van der Waals surface area (Å²) in [6.45, 7) is 0.653. The summed E-state index contributed by atoms with van der Waals surface area (Å²) in [6, 6.07) is 5.17. The Labute approximate surface area is 163 Å². The minimum Gasteiger partial charge on any atom is -0.466 e. The van der Waals surface area contributed by atoms with E-state index in [0.29, 0.717) is 11.8 Å². The van der Waals surface area contributed by atoms with E-state index in [9.17, 15) is 23.2 Å². The summed E-state index contributed by atoms with van der Waals surface area (Å²) in [4.78, 5) is 37.6. The lowest BCUT2D eigenvalue weighted by atomic mass is 10.2. The number of ether oxygens (including phenoxy) is 1. The number of benzene rings is 1. The molecule has 0 radical (unpaired) electrons. The van der Waals surface area contributed by atoms with Crippen LogP contribution in [0.15, 0.2) is 41.0 Å². The van der Waals surface area contributed by atoms with Crippen molar-refractivity contribution in [3.63, 3.8) is 0 Å². The molecule has 2 atom stereocenters. The van der Waals surface area contributed by atoms with Gasteiger partial charge in [-0.15, -0.1) is 11.8 Å². The van der Waals surface area contributed by atoms with Gasteiger partial charge in [0.1, 0.15) is 28.8 Å². The number of hydrogen-bond donors (Lipinski definition) is 1. The van der Waals surface area contributed by atoms with Gasteiger partial charge in [0.15, 0.2) is 6.61 Å². The number of nitrogens with zero attached hydrogens (tertiary/aromatic N) is 1. The molecule has 1 aromatic heterocycles. The van der Waals surface area contributed by atoms with Gasteiger partial charge in [0, 0.05) is 18.7 Å².